The van der Waals surface area contributed by atoms with Gasteiger partial charge in [-0.1, -0.05) is 17.7 Å². The summed E-state index contributed by atoms with van der Waals surface area (Å²) in [6.45, 7) is 5.46. The van der Waals surface area contributed by atoms with Crippen LogP contribution < -0.4 is 0 Å². The molecule has 0 radical (unpaired) electrons. The van der Waals surface area contributed by atoms with Crippen molar-refractivity contribution < 1.29 is 12.3 Å². The summed E-state index contributed by atoms with van der Waals surface area (Å²) in [4.78, 5) is 5.54. The molecule has 7 heteroatoms. The van der Waals surface area contributed by atoms with Gasteiger partial charge in [-0.15, -0.1) is 11.3 Å². The monoisotopic (exact) mass is 262 g/mol. The van der Waals surface area contributed by atoms with Gasteiger partial charge < -0.3 is 0 Å². The van der Waals surface area contributed by atoms with Crippen LogP contribution >= 0.6 is 11.3 Å². The molecule has 0 saturated carbocycles. The summed E-state index contributed by atoms with van der Waals surface area (Å²) in [6, 6.07) is 0. The van der Waals surface area contributed by atoms with E-state index in [0.717, 1.165) is 4.88 Å². The fraction of sp³-hybridized carbons (Fsp3) is 0.444. The lowest BCUT2D eigenvalue weighted by atomic mass is 10.2. The van der Waals surface area contributed by atoms with Crippen LogP contribution in [0.25, 0.3) is 4.96 Å². The maximum absolute atomic E-state index is 13.1. The zero-order valence-corrected chi connectivity index (χ0v) is 10.7. The van der Waals surface area contributed by atoms with Crippen LogP contribution in [0.4, 0.5) is 3.89 Å². The third kappa shape index (κ3) is 1.73. The third-order valence-electron chi connectivity index (χ3n) is 2.26. The molecule has 0 aliphatic carbocycles. The third-order valence-corrected chi connectivity index (χ3v) is 4.50. The lowest BCUT2D eigenvalue weighted by Gasteiger charge is -1.97. The fourth-order valence-electron chi connectivity index (χ4n) is 1.51. The van der Waals surface area contributed by atoms with Crippen LogP contribution in [0, 0.1) is 6.92 Å². The number of aryl methyl sites for hydroxylation is 1. The lowest BCUT2D eigenvalue weighted by molar-refractivity contribution is 0.545. The van der Waals surface area contributed by atoms with Gasteiger partial charge >= 0.3 is 10.2 Å². The van der Waals surface area contributed by atoms with E-state index in [1.54, 1.807) is 6.20 Å². The van der Waals surface area contributed by atoms with Crippen molar-refractivity contribution in [2.45, 2.75) is 31.7 Å². The molecule has 16 heavy (non-hydrogen) atoms. The minimum atomic E-state index is -4.72. The first-order valence-corrected chi connectivity index (χ1v) is 6.93. The first-order valence-electron chi connectivity index (χ1n) is 4.73. The van der Waals surface area contributed by atoms with E-state index in [1.165, 1.54) is 22.7 Å². The van der Waals surface area contributed by atoms with Crippen molar-refractivity contribution >= 4 is 26.5 Å². The number of hydrogen-bond acceptors (Lipinski definition) is 4. The summed E-state index contributed by atoms with van der Waals surface area (Å²) in [6.07, 6.45) is 1.64. The molecule has 2 heterocycles. The number of fused-ring (bicyclic) bond motifs is 1. The maximum Gasteiger partial charge on any atom is 0.350 e. The highest BCUT2D eigenvalue weighted by Gasteiger charge is 2.24. The Hall–Kier alpha value is -0.950. The Morgan fingerprint density at radius 1 is 1.50 bits per heavy atom. The predicted molar refractivity (Wildman–Crippen MR) is 60.2 cm³/mol. The normalized spacial score (nSPS) is 12.8. The first kappa shape index (κ1) is 11.5. The zero-order chi connectivity index (χ0) is 12.1. The van der Waals surface area contributed by atoms with Crippen molar-refractivity contribution in [3.63, 3.8) is 0 Å². The van der Waals surface area contributed by atoms with E-state index in [4.69, 9.17) is 0 Å². The molecular weight excluding hydrogens is 251 g/mol. The summed E-state index contributed by atoms with van der Waals surface area (Å²) in [5.74, 6) is 0.266. The van der Waals surface area contributed by atoms with Crippen LogP contribution in [0.3, 0.4) is 0 Å². The van der Waals surface area contributed by atoms with Crippen LogP contribution in [0.1, 0.15) is 30.3 Å². The van der Waals surface area contributed by atoms with Gasteiger partial charge in [-0.25, -0.2) is 4.98 Å². The zero-order valence-electron chi connectivity index (χ0n) is 9.06. The van der Waals surface area contributed by atoms with Gasteiger partial charge in [-0.2, -0.15) is 8.42 Å². The molecule has 2 aromatic heterocycles. The number of imidazole rings is 1. The Bertz CT molecular complexity index is 640. The van der Waals surface area contributed by atoms with Crippen molar-refractivity contribution in [2.24, 2.45) is 0 Å². The van der Waals surface area contributed by atoms with Crippen molar-refractivity contribution in [3.8, 4) is 0 Å². The van der Waals surface area contributed by atoms with Crippen LogP contribution in [0.15, 0.2) is 11.2 Å². The quantitative estimate of drug-likeness (QED) is 0.781. The van der Waals surface area contributed by atoms with Gasteiger partial charge in [0.15, 0.2) is 9.99 Å². The second-order valence-corrected chi connectivity index (χ2v) is 6.18. The first-order chi connectivity index (χ1) is 7.30. The molecular formula is C9H11FN2O2S2. The maximum atomic E-state index is 13.1. The molecule has 0 fully saturated rings. The van der Waals surface area contributed by atoms with E-state index >= 15 is 0 Å². The molecule has 0 atom stereocenters. The molecule has 2 rings (SSSR count). The Morgan fingerprint density at radius 2 is 2.12 bits per heavy atom. The summed E-state index contributed by atoms with van der Waals surface area (Å²) in [5, 5.41) is -0.356. The van der Waals surface area contributed by atoms with Crippen molar-refractivity contribution in [1.29, 1.82) is 0 Å². The Balaban J connectivity index is 2.78. The van der Waals surface area contributed by atoms with Crippen LogP contribution in [0.2, 0.25) is 0 Å². The second-order valence-electron chi connectivity index (χ2n) is 3.88. The topological polar surface area (TPSA) is 51.4 Å². The number of rotatable bonds is 2. The molecule has 0 amide bonds. The average Bonchev–Trinajstić information content (AvgIpc) is 2.56. The summed E-state index contributed by atoms with van der Waals surface area (Å²) in [5.41, 5.74) is 0.198. The molecule has 0 aliphatic rings. The molecule has 4 nitrogen and oxygen atoms in total. The van der Waals surface area contributed by atoms with Crippen LogP contribution in [-0.2, 0) is 10.2 Å². The smallest absolute Gasteiger partial charge is 0.278 e. The van der Waals surface area contributed by atoms with Crippen molar-refractivity contribution in [1.82, 2.24) is 9.38 Å². The molecule has 2 aromatic rings. The van der Waals surface area contributed by atoms with E-state index in [9.17, 15) is 12.3 Å². The summed E-state index contributed by atoms with van der Waals surface area (Å²) >= 11 is 1.38. The standard InChI is InChI=1S/C9H11FN2O2S2/c1-5(2)7-4-12-8(16(10,13)14)6(3)11-9(12)15-7/h4-5H,1-3H3. The predicted octanol–water partition coefficient (Wildman–Crippen LogP) is 2.49. The summed E-state index contributed by atoms with van der Waals surface area (Å²) in [7, 11) is -4.72. The number of nitrogens with zero attached hydrogens (tertiary/aromatic N) is 2. The van der Waals surface area contributed by atoms with Gasteiger partial charge in [-0.3, -0.25) is 4.40 Å². The Labute approximate surface area is 97.0 Å². The van der Waals surface area contributed by atoms with Gasteiger partial charge in [-0.05, 0) is 12.8 Å². The molecule has 0 N–H and O–H groups in total. The number of aromatic nitrogens is 2. The SMILES string of the molecule is Cc1nc2sc(C(C)C)cn2c1S(=O)(=O)F. The van der Waals surface area contributed by atoms with Gasteiger partial charge in [0.2, 0.25) is 0 Å². The molecule has 0 aromatic carbocycles. The van der Waals surface area contributed by atoms with Crippen molar-refractivity contribution in [2.75, 3.05) is 0 Å². The molecule has 0 saturated heterocycles. The van der Waals surface area contributed by atoms with E-state index < -0.39 is 10.2 Å². The van der Waals surface area contributed by atoms with E-state index in [-0.39, 0.29) is 16.6 Å². The molecule has 0 unspecified atom stereocenters. The second kappa shape index (κ2) is 3.53. The van der Waals surface area contributed by atoms with E-state index in [2.05, 4.69) is 4.98 Å². The van der Waals surface area contributed by atoms with Crippen LogP contribution in [0.5, 0.6) is 0 Å². The van der Waals surface area contributed by atoms with E-state index in [1.807, 2.05) is 13.8 Å². The largest absolute Gasteiger partial charge is 0.350 e. The highest BCUT2D eigenvalue weighted by molar-refractivity contribution is 7.86. The number of halogens is 1. The highest BCUT2D eigenvalue weighted by Crippen LogP contribution is 2.29. The Kier molecular flexibility index (Phi) is 2.54. The fourth-order valence-corrected chi connectivity index (χ4v) is 3.37. The highest BCUT2D eigenvalue weighted by atomic mass is 32.3. The lowest BCUT2D eigenvalue weighted by Crippen LogP contribution is -1.98. The molecule has 0 aliphatic heterocycles. The molecule has 88 valence electrons. The number of thiazole rings is 1. The van der Waals surface area contributed by atoms with Gasteiger partial charge in [0.05, 0.1) is 5.69 Å². The number of hydrogen-bond donors (Lipinski definition) is 0. The minimum Gasteiger partial charge on any atom is -0.278 e. The summed E-state index contributed by atoms with van der Waals surface area (Å²) < 4.78 is 36.4. The Morgan fingerprint density at radius 3 is 2.62 bits per heavy atom. The average molecular weight is 262 g/mol. The molecule has 0 bridgehead atoms. The van der Waals surface area contributed by atoms with Crippen molar-refractivity contribution in [3.05, 3.63) is 16.8 Å². The van der Waals surface area contributed by atoms with Gasteiger partial charge in [0.25, 0.3) is 0 Å². The molecule has 0 spiro atoms. The van der Waals surface area contributed by atoms with Crippen LogP contribution in [-0.4, -0.2) is 17.8 Å². The van der Waals surface area contributed by atoms with E-state index in [0.29, 0.717) is 4.96 Å². The van der Waals surface area contributed by atoms with Gasteiger partial charge in [0.1, 0.15) is 0 Å². The van der Waals surface area contributed by atoms with Gasteiger partial charge in [0, 0.05) is 11.1 Å². The minimum absolute atomic E-state index is 0.198.